The van der Waals surface area contributed by atoms with Crippen molar-refractivity contribution in [2.24, 2.45) is 17.8 Å². The second kappa shape index (κ2) is 15.9. The van der Waals surface area contributed by atoms with Crippen molar-refractivity contribution in [1.82, 2.24) is 5.32 Å². The van der Waals surface area contributed by atoms with E-state index in [1.54, 1.807) is 40.7 Å². The van der Waals surface area contributed by atoms with Crippen LogP contribution in [0.5, 0.6) is 11.5 Å². The molecule has 0 fully saturated rings. The van der Waals surface area contributed by atoms with Crippen molar-refractivity contribution in [2.75, 3.05) is 6.54 Å². The summed E-state index contributed by atoms with van der Waals surface area (Å²) in [6, 6.07) is 3.28. The summed E-state index contributed by atoms with van der Waals surface area (Å²) in [4.78, 5) is 48.4. The number of carbonyl (C=O) groups excluding carboxylic acids is 3. The van der Waals surface area contributed by atoms with Gasteiger partial charge in [-0.2, -0.15) is 0 Å². The van der Waals surface area contributed by atoms with Crippen molar-refractivity contribution in [2.45, 2.75) is 93.1 Å². The standard InChI is InChI=1S/C28H43NO10/c1-15(2)19(8)36-27(33)38-23-11-10-21(13-24(23)39-28(34)37-20(9)16(3)4)12-22(25(30)31)29-14-18(7)35-26(32)17(5)6/h10-11,13,15-20,22,29H,12,14H2,1-9H3,(H,30,31)/t18?,19?,20?,22-/m0/s1. The normalized spacial score (nSPS) is 14.4. The Kier molecular flexibility index (Phi) is 13.8. The zero-order valence-corrected chi connectivity index (χ0v) is 24.3. The number of nitrogens with one attached hydrogen (secondary N) is 1. The molecule has 1 aromatic rings. The van der Waals surface area contributed by atoms with Gasteiger partial charge in [0, 0.05) is 6.54 Å². The molecule has 1 rings (SSSR count). The minimum atomic E-state index is -1.13. The Morgan fingerprint density at radius 1 is 0.769 bits per heavy atom. The number of benzene rings is 1. The summed E-state index contributed by atoms with van der Waals surface area (Å²) in [6.45, 7) is 16.1. The molecule has 39 heavy (non-hydrogen) atoms. The molecule has 3 unspecified atom stereocenters. The molecule has 11 nitrogen and oxygen atoms in total. The van der Waals surface area contributed by atoms with Gasteiger partial charge in [0.15, 0.2) is 11.5 Å². The first-order valence-corrected chi connectivity index (χ1v) is 13.2. The monoisotopic (exact) mass is 553 g/mol. The summed E-state index contributed by atoms with van der Waals surface area (Å²) in [7, 11) is 0. The van der Waals surface area contributed by atoms with Crippen LogP contribution >= 0.6 is 0 Å². The molecule has 0 aromatic heterocycles. The van der Waals surface area contributed by atoms with Gasteiger partial charge in [0.2, 0.25) is 0 Å². The largest absolute Gasteiger partial charge is 0.514 e. The summed E-state index contributed by atoms with van der Waals surface area (Å²) in [6.07, 6.45) is -3.39. The number of hydrogen-bond donors (Lipinski definition) is 2. The van der Waals surface area contributed by atoms with Crippen LogP contribution in [-0.2, 0) is 30.2 Å². The first-order chi connectivity index (χ1) is 18.1. The van der Waals surface area contributed by atoms with E-state index in [0.29, 0.717) is 5.56 Å². The van der Waals surface area contributed by atoms with Crippen molar-refractivity contribution < 1.29 is 48.0 Å². The number of carboxylic acid groups (broad SMARTS) is 1. The molecule has 0 heterocycles. The molecule has 0 spiro atoms. The van der Waals surface area contributed by atoms with Crippen molar-refractivity contribution >= 4 is 24.2 Å². The molecule has 0 aliphatic carbocycles. The fourth-order valence-corrected chi connectivity index (χ4v) is 2.81. The fraction of sp³-hybridized carbons (Fsp3) is 0.643. The predicted octanol–water partition coefficient (Wildman–Crippen LogP) is 4.98. The van der Waals surface area contributed by atoms with E-state index in [4.69, 9.17) is 23.7 Å². The Morgan fingerprint density at radius 3 is 1.74 bits per heavy atom. The minimum Gasteiger partial charge on any atom is -0.480 e. The molecule has 0 saturated heterocycles. The average Bonchev–Trinajstić information content (AvgIpc) is 2.82. The number of carbonyl (C=O) groups is 4. The van der Waals surface area contributed by atoms with Gasteiger partial charge in [0.1, 0.15) is 24.4 Å². The van der Waals surface area contributed by atoms with Crippen molar-refractivity contribution in [3.05, 3.63) is 23.8 Å². The Labute approximate surface area is 230 Å². The molecule has 4 atom stereocenters. The van der Waals surface area contributed by atoms with E-state index >= 15 is 0 Å². The topological polar surface area (TPSA) is 147 Å². The number of carboxylic acids is 1. The highest BCUT2D eigenvalue weighted by molar-refractivity contribution is 5.74. The molecule has 0 saturated carbocycles. The van der Waals surface area contributed by atoms with Crippen LogP contribution in [0.2, 0.25) is 0 Å². The van der Waals surface area contributed by atoms with E-state index in [0.717, 1.165) is 0 Å². The molecule has 0 radical (unpaired) electrons. The van der Waals surface area contributed by atoms with Crippen LogP contribution in [0.25, 0.3) is 0 Å². The molecule has 220 valence electrons. The smallest absolute Gasteiger partial charge is 0.480 e. The number of rotatable bonds is 14. The lowest BCUT2D eigenvalue weighted by molar-refractivity contribution is -0.151. The van der Waals surface area contributed by atoms with Gasteiger partial charge in [-0.3, -0.25) is 9.59 Å². The summed E-state index contributed by atoms with van der Waals surface area (Å²) in [5, 5.41) is 12.6. The van der Waals surface area contributed by atoms with Crippen LogP contribution in [0, 0.1) is 17.8 Å². The third kappa shape index (κ3) is 12.4. The summed E-state index contributed by atoms with van der Waals surface area (Å²) < 4.78 is 26.4. The first-order valence-electron chi connectivity index (χ1n) is 13.2. The molecule has 1 aromatic carbocycles. The Balaban J connectivity index is 3.10. The molecule has 0 amide bonds. The molecule has 0 aliphatic heterocycles. The molecular weight excluding hydrogens is 510 g/mol. The molecule has 2 N–H and O–H groups in total. The zero-order valence-electron chi connectivity index (χ0n) is 24.3. The van der Waals surface area contributed by atoms with Gasteiger partial charge in [0.05, 0.1) is 5.92 Å². The lowest BCUT2D eigenvalue weighted by atomic mass is 10.0. The number of aliphatic carboxylic acids is 1. The van der Waals surface area contributed by atoms with Crippen LogP contribution in [0.3, 0.4) is 0 Å². The molecule has 0 aliphatic rings. The van der Waals surface area contributed by atoms with Gasteiger partial charge >= 0.3 is 24.2 Å². The van der Waals surface area contributed by atoms with Gasteiger partial charge in [0.25, 0.3) is 0 Å². The third-order valence-corrected chi connectivity index (χ3v) is 6.01. The minimum absolute atomic E-state index is 0.0108. The van der Waals surface area contributed by atoms with Gasteiger partial charge in [-0.1, -0.05) is 47.6 Å². The highest BCUT2D eigenvalue weighted by Crippen LogP contribution is 2.30. The van der Waals surface area contributed by atoms with E-state index in [1.165, 1.54) is 12.1 Å². The van der Waals surface area contributed by atoms with Crippen LogP contribution in [0.4, 0.5) is 9.59 Å². The maximum absolute atomic E-state index is 12.4. The van der Waals surface area contributed by atoms with Crippen LogP contribution in [0.15, 0.2) is 18.2 Å². The summed E-state index contributed by atoms with van der Waals surface area (Å²) in [5.74, 6) is -1.95. The lowest BCUT2D eigenvalue weighted by Gasteiger charge is -2.20. The lowest BCUT2D eigenvalue weighted by Crippen LogP contribution is -2.43. The highest BCUT2D eigenvalue weighted by Gasteiger charge is 2.24. The zero-order chi connectivity index (χ0) is 29.9. The van der Waals surface area contributed by atoms with E-state index in [1.807, 2.05) is 27.7 Å². The van der Waals surface area contributed by atoms with Crippen molar-refractivity contribution in [1.29, 1.82) is 0 Å². The number of hydrogen-bond acceptors (Lipinski definition) is 10. The maximum atomic E-state index is 12.4. The third-order valence-electron chi connectivity index (χ3n) is 6.01. The Bertz CT molecular complexity index is 975. The van der Waals surface area contributed by atoms with Crippen LogP contribution < -0.4 is 14.8 Å². The SMILES string of the molecule is CC(CN[C@@H](Cc1ccc(OC(=O)OC(C)C(C)C)c(OC(=O)OC(C)C(C)C)c1)C(=O)O)OC(=O)C(C)C. The molecular formula is C28H43NO10. The van der Waals surface area contributed by atoms with E-state index in [-0.39, 0.29) is 48.2 Å². The number of esters is 1. The van der Waals surface area contributed by atoms with Gasteiger partial charge in [-0.05, 0) is 56.7 Å². The second-order valence-electron chi connectivity index (χ2n) is 10.5. The first kappa shape index (κ1) is 33.7. The van der Waals surface area contributed by atoms with Gasteiger partial charge in [-0.15, -0.1) is 0 Å². The Morgan fingerprint density at radius 2 is 1.28 bits per heavy atom. The molecule has 0 bridgehead atoms. The predicted molar refractivity (Wildman–Crippen MR) is 143 cm³/mol. The fourth-order valence-electron chi connectivity index (χ4n) is 2.81. The van der Waals surface area contributed by atoms with E-state index in [9.17, 15) is 24.3 Å². The quantitative estimate of drug-likeness (QED) is 0.183. The summed E-state index contributed by atoms with van der Waals surface area (Å²) >= 11 is 0. The average molecular weight is 554 g/mol. The van der Waals surface area contributed by atoms with E-state index in [2.05, 4.69) is 5.32 Å². The highest BCUT2D eigenvalue weighted by atomic mass is 16.7. The summed E-state index contributed by atoms with van der Waals surface area (Å²) in [5.41, 5.74) is 0.470. The van der Waals surface area contributed by atoms with Crippen molar-refractivity contribution in [3.8, 4) is 11.5 Å². The van der Waals surface area contributed by atoms with Gasteiger partial charge < -0.3 is 34.1 Å². The maximum Gasteiger partial charge on any atom is 0.514 e. The Hall–Kier alpha value is -3.34. The van der Waals surface area contributed by atoms with Crippen LogP contribution in [-0.4, -0.2) is 60.3 Å². The van der Waals surface area contributed by atoms with Gasteiger partial charge in [-0.25, -0.2) is 9.59 Å². The van der Waals surface area contributed by atoms with Crippen LogP contribution in [0.1, 0.15) is 67.9 Å². The van der Waals surface area contributed by atoms with Crippen molar-refractivity contribution in [3.63, 3.8) is 0 Å². The second-order valence-corrected chi connectivity index (χ2v) is 10.5. The number of ether oxygens (including phenoxy) is 5. The molecule has 11 heteroatoms. The van der Waals surface area contributed by atoms with E-state index < -0.39 is 42.6 Å².